The van der Waals surface area contributed by atoms with Crippen LogP contribution in [0.3, 0.4) is 0 Å². The van der Waals surface area contributed by atoms with E-state index in [4.69, 9.17) is 5.11 Å². The molecule has 0 aliphatic heterocycles. The molecule has 15 heavy (non-hydrogen) atoms. The van der Waals surface area contributed by atoms with E-state index in [9.17, 15) is 18.0 Å². The molecule has 0 aromatic rings. The molecule has 0 saturated heterocycles. The first-order valence-corrected chi connectivity index (χ1v) is 4.57. The van der Waals surface area contributed by atoms with Crippen molar-refractivity contribution in [2.75, 3.05) is 0 Å². The van der Waals surface area contributed by atoms with Crippen LogP contribution in [0.5, 0.6) is 0 Å². The van der Waals surface area contributed by atoms with Crippen molar-refractivity contribution in [3.63, 3.8) is 0 Å². The number of carboxylic acids is 1. The molecule has 1 saturated carbocycles. The summed E-state index contributed by atoms with van der Waals surface area (Å²) in [6, 6.07) is 0. The van der Waals surface area contributed by atoms with Crippen LogP contribution in [0.2, 0.25) is 0 Å². The third-order valence-electron chi connectivity index (χ3n) is 3.05. The first-order chi connectivity index (χ1) is 6.58. The summed E-state index contributed by atoms with van der Waals surface area (Å²) < 4.78 is 36.6. The van der Waals surface area contributed by atoms with E-state index in [2.05, 4.69) is 0 Å². The molecule has 0 aromatic heterocycles. The van der Waals surface area contributed by atoms with Gasteiger partial charge in [0.05, 0.1) is 5.92 Å². The van der Waals surface area contributed by atoms with Crippen LogP contribution >= 0.6 is 0 Å². The number of allylic oxidation sites excluding steroid dienone is 2. The summed E-state index contributed by atoms with van der Waals surface area (Å²) in [7, 11) is 0. The predicted octanol–water partition coefficient (Wildman–Crippen LogP) is 2.85. The Kier molecular flexibility index (Phi) is 2.62. The van der Waals surface area contributed by atoms with Crippen molar-refractivity contribution < 1.29 is 23.1 Å². The number of carboxylic acid groups (broad SMARTS) is 1. The molecule has 0 amide bonds. The zero-order valence-electron chi connectivity index (χ0n) is 8.72. The number of hydrogen-bond donors (Lipinski definition) is 1. The van der Waals surface area contributed by atoms with E-state index in [1.54, 1.807) is 13.8 Å². The lowest BCUT2D eigenvalue weighted by Gasteiger charge is -2.06. The molecule has 0 unspecified atom stereocenters. The van der Waals surface area contributed by atoms with Crippen LogP contribution in [0.4, 0.5) is 13.2 Å². The molecule has 0 bridgehead atoms. The van der Waals surface area contributed by atoms with Crippen molar-refractivity contribution in [3.05, 3.63) is 11.6 Å². The summed E-state index contributed by atoms with van der Waals surface area (Å²) in [5.74, 6) is -2.25. The van der Waals surface area contributed by atoms with Crippen LogP contribution in [0, 0.1) is 17.3 Å². The minimum absolute atomic E-state index is 0.517. The van der Waals surface area contributed by atoms with Crippen molar-refractivity contribution in [2.45, 2.75) is 26.9 Å². The van der Waals surface area contributed by atoms with E-state index in [1.165, 1.54) is 0 Å². The second-order valence-corrected chi connectivity index (χ2v) is 4.51. The van der Waals surface area contributed by atoms with Gasteiger partial charge in [-0.05, 0) is 18.3 Å². The summed E-state index contributed by atoms with van der Waals surface area (Å²) in [6.45, 7) is 4.29. The zero-order chi connectivity index (χ0) is 12.0. The topological polar surface area (TPSA) is 37.3 Å². The van der Waals surface area contributed by atoms with Crippen molar-refractivity contribution >= 4 is 5.97 Å². The van der Waals surface area contributed by atoms with Crippen LogP contribution < -0.4 is 0 Å². The van der Waals surface area contributed by atoms with Gasteiger partial charge in [-0.15, -0.1) is 0 Å². The van der Waals surface area contributed by atoms with E-state index in [0.29, 0.717) is 0 Å². The summed E-state index contributed by atoms with van der Waals surface area (Å²) >= 11 is 0. The first kappa shape index (κ1) is 12.1. The molecule has 0 spiro atoms. The maximum absolute atomic E-state index is 12.2. The van der Waals surface area contributed by atoms with Crippen molar-refractivity contribution in [2.24, 2.45) is 17.3 Å². The highest BCUT2D eigenvalue weighted by Crippen LogP contribution is 2.59. The Morgan fingerprint density at radius 2 is 1.87 bits per heavy atom. The molecule has 1 aliphatic rings. The Hall–Kier alpha value is -1.00. The molecule has 0 heterocycles. The second kappa shape index (κ2) is 3.25. The van der Waals surface area contributed by atoms with Crippen LogP contribution in [0.25, 0.3) is 0 Å². The molecule has 1 fully saturated rings. The van der Waals surface area contributed by atoms with Crippen molar-refractivity contribution in [3.8, 4) is 0 Å². The number of carbonyl (C=O) groups is 1. The molecular formula is C10H13F3O2. The van der Waals surface area contributed by atoms with E-state index in [1.807, 2.05) is 0 Å². The number of hydrogen-bond acceptors (Lipinski definition) is 1. The van der Waals surface area contributed by atoms with E-state index in [0.717, 1.165) is 13.0 Å². The molecule has 0 aromatic carbocycles. The SMILES string of the molecule is CC(=C[C@H]1[C@H](C(=O)O)C1(C)C)C(F)(F)F. The van der Waals surface area contributed by atoms with Gasteiger partial charge >= 0.3 is 12.1 Å². The molecule has 2 atom stereocenters. The maximum Gasteiger partial charge on any atom is 0.412 e. The lowest BCUT2D eigenvalue weighted by atomic mass is 10.1. The van der Waals surface area contributed by atoms with Crippen LogP contribution in [-0.4, -0.2) is 17.3 Å². The Labute approximate surface area is 85.8 Å². The van der Waals surface area contributed by atoms with Gasteiger partial charge in [0.2, 0.25) is 0 Å². The fourth-order valence-electron chi connectivity index (χ4n) is 1.82. The van der Waals surface area contributed by atoms with E-state index < -0.39 is 35.0 Å². The highest BCUT2D eigenvalue weighted by atomic mass is 19.4. The number of halogens is 3. The third-order valence-corrected chi connectivity index (χ3v) is 3.05. The smallest absolute Gasteiger partial charge is 0.412 e. The molecule has 1 aliphatic carbocycles. The monoisotopic (exact) mass is 222 g/mol. The lowest BCUT2D eigenvalue weighted by molar-refractivity contribution is -0.139. The minimum Gasteiger partial charge on any atom is -0.481 e. The molecule has 2 nitrogen and oxygen atoms in total. The second-order valence-electron chi connectivity index (χ2n) is 4.51. The zero-order valence-corrected chi connectivity index (χ0v) is 8.72. The van der Waals surface area contributed by atoms with Crippen molar-refractivity contribution in [1.29, 1.82) is 0 Å². The summed E-state index contributed by atoms with van der Waals surface area (Å²) in [6.07, 6.45) is -3.33. The van der Waals surface area contributed by atoms with Gasteiger partial charge in [-0.2, -0.15) is 13.2 Å². The Bertz CT molecular complexity index is 315. The molecule has 5 heteroatoms. The minimum atomic E-state index is -4.36. The number of rotatable bonds is 2. The molecule has 0 radical (unpaired) electrons. The van der Waals surface area contributed by atoms with Crippen LogP contribution in [-0.2, 0) is 4.79 Å². The Morgan fingerprint density at radius 3 is 2.13 bits per heavy atom. The van der Waals surface area contributed by atoms with Crippen LogP contribution in [0.1, 0.15) is 20.8 Å². The highest BCUT2D eigenvalue weighted by Gasteiger charge is 2.61. The maximum atomic E-state index is 12.2. The summed E-state index contributed by atoms with van der Waals surface area (Å²) in [5.41, 5.74) is -1.29. The predicted molar refractivity (Wildman–Crippen MR) is 48.2 cm³/mol. The van der Waals surface area contributed by atoms with Crippen LogP contribution in [0.15, 0.2) is 11.6 Å². The number of alkyl halides is 3. The first-order valence-electron chi connectivity index (χ1n) is 4.57. The van der Waals surface area contributed by atoms with Crippen molar-refractivity contribution in [1.82, 2.24) is 0 Å². The Morgan fingerprint density at radius 1 is 1.40 bits per heavy atom. The highest BCUT2D eigenvalue weighted by molar-refractivity contribution is 5.76. The number of aliphatic carboxylic acids is 1. The molecule has 1 N–H and O–H groups in total. The fourth-order valence-corrected chi connectivity index (χ4v) is 1.82. The lowest BCUT2D eigenvalue weighted by Crippen LogP contribution is -2.09. The van der Waals surface area contributed by atoms with E-state index >= 15 is 0 Å². The van der Waals surface area contributed by atoms with Gasteiger partial charge in [0, 0.05) is 5.57 Å². The average molecular weight is 222 g/mol. The van der Waals surface area contributed by atoms with Gasteiger partial charge in [0.25, 0.3) is 0 Å². The molecule has 86 valence electrons. The normalized spacial score (nSPS) is 30.1. The van der Waals surface area contributed by atoms with Gasteiger partial charge < -0.3 is 5.11 Å². The third kappa shape index (κ3) is 2.16. The van der Waals surface area contributed by atoms with E-state index in [-0.39, 0.29) is 0 Å². The fraction of sp³-hybridized carbons (Fsp3) is 0.700. The van der Waals surface area contributed by atoms with Gasteiger partial charge in [-0.3, -0.25) is 4.79 Å². The van der Waals surface area contributed by atoms with Gasteiger partial charge in [-0.25, -0.2) is 0 Å². The standard InChI is InChI=1S/C10H13F3O2/c1-5(10(11,12)13)4-6-7(8(14)15)9(6,2)3/h4,6-7H,1-3H3,(H,14,15)/t6-,7+/m0/s1. The molecule has 1 rings (SSSR count). The summed E-state index contributed by atoms with van der Waals surface area (Å²) in [5, 5.41) is 8.76. The van der Waals surface area contributed by atoms with Gasteiger partial charge in [0.15, 0.2) is 0 Å². The largest absolute Gasteiger partial charge is 0.481 e. The summed E-state index contributed by atoms with van der Waals surface area (Å²) in [4.78, 5) is 10.7. The Balaban J connectivity index is 2.83. The average Bonchev–Trinajstić information content (AvgIpc) is 2.50. The quantitative estimate of drug-likeness (QED) is 0.729. The van der Waals surface area contributed by atoms with Gasteiger partial charge in [0.1, 0.15) is 0 Å². The van der Waals surface area contributed by atoms with Gasteiger partial charge in [-0.1, -0.05) is 19.9 Å². The molecular weight excluding hydrogens is 209 g/mol.